The van der Waals surface area contributed by atoms with Gasteiger partial charge in [-0.25, -0.2) is 0 Å². The average Bonchev–Trinajstić information content (AvgIpc) is 2.38. The Labute approximate surface area is 110 Å². The topological polar surface area (TPSA) is 48.3 Å². The minimum atomic E-state index is -0.251. The standard InChI is InChI=1S/C13H27N3O2/c1-14-8-4-5-12-18-13(7-10-16(13)3)15(2)9-6-11-17/h8,17H,4-7,9-12H2,1-3H3. The van der Waals surface area contributed by atoms with E-state index in [2.05, 4.69) is 28.9 Å². The maximum atomic E-state index is 8.92. The molecule has 0 spiro atoms. The van der Waals surface area contributed by atoms with E-state index < -0.39 is 0 Å². The molecule has 1 aliphatic heterocycles. The molecule has 106 valence electrons. The summed E-state index contributed by atoms with van der Waals surface area (Å²) in [4.78, 5) is 8.41. The number of aliphatic imine (C=N–C) groups is 1. The number of aliphatic hydroxyl groups excluding tert-OH is 1. The first-order valence-electron chi connectivity index (χ1n) is 6.75. The number of unbranched alkanes of at least 4 members (excludes halogenated alkanes) is 1. The molecule has 0 amide bonds. The monoisotopic (exact) mass is 257 g/mol. The lowest BCUT2D eigenvalue weighted by molar-refractivity contribution is -0.287. The van der Waals surface area contributed by atoms with E-state index in [9.17, 15) is 0 Å². The van der Waals surface area contributed by atoms with E-state index in [4.69, 9.17) is 9.84 Å². The third-order valence-corrected chi connectivity index (χ3v) is 3.61. The highest BCUT2D eigenvalue weighted by Gasteiger charge is 2.46. The first kappa shape index (κ1) is 15.6. The van der Waals surface area contributed by atoms with Crippen LogP contribution >= 0.6 is 0 Å². The van der Waals surface area contributed by atoms with Crippen molar-refractivity contribution in [2.45, 2.75) is 31.5 Å². The highest BCUT2D eigenvalue weighted by Crippen LogP contribution is 2.33. The normalized spacial score (nSPS) is 24.9. The van der Waals surface area contributed by atoms with Crippen LogP contribution in [0.5, 0.6) is 0 Å². The molecular formula is C13H27N3O2. The molecule has 5 nitrogen and oxygen atoms in total. The van der Waals surface area contributed by atoms with Gasteiger partial charge in [-0.3, -0.25) is 9.80 Å². The maximum absolute atomic E-state index is 8.92. The fourth-order valence-corrected chi connectivity index (χ4v) is 2.32. The molecule has 1 fully saturated rings. The van der Waals surface area contributed by atoms with Crippen LogP contribution in [0.15, 0.2) is 4.99 Å². The lowest BCUT2D eigenvalue weighted by atomic mass is 10.1. The zero-order valence-corrected chi connectivity index (χ0v) is 11.9. The average molecular weight is 257 g/mol. The summed E-state index contributed by atoms with van der Waals surface area (Å²) in [5.74, 6) is -0.251. The predicted octanol–water partition coefficient (Wildman–Crippen LogP) is 0.787. The largest absolute Gasteiger partial charge is 0.396 e. The lowest BCUT2D eigenvalue weighted by Crippen LogP contribution is -2.68. The van der Waals surface area contributed by atoms with Crippen LogP contribution in [0.1, 0.15) is 25.7 Å². The fourth-order valence-electron chi connectivity index (χ4n) is 2.32. The Hall–Kier alpha value is -0.490. The second-order valence-electron chi connectivity index (χ2n) is 4.84. The Bertz CT molecular complexity index is 261. The van der Waals surface area contributed by atoms with Gasteiger partial charge in [0, 0.05) is 33.2 Å². The Morgan fingerprint density at radius 2 is 2.28 bits per heavy atom. The van der Waals surface area contributed by atoms with Gasteiger partial charge in [0.05, 0.1) is 6.61 Å². The number of hydrogen-bond acceptors (Lipinski definition) is 5. The zero-order valence-electron chi connectivity index (χ0n) is 11.9. The van der Waals surface area contributed by atoms with Gasteiger partial charge in [0.2, 0.25) is 0 Å². The van der Waals surface area contributed by atoms with Crippen LogP contribution in [-0.2, 0) is 4.74 Å². The molecule has 1 unspecified atom stereocenters. The van der Waals surface area contributed by atoms with Gasteiger partial charge in [0.25, 0.3) is 0 Å². The third-order valence-electron chi connectivity index (χ3n) is 3.61. The molecule has 5 heteroatoms. The van der Waals surface area contributed by atoms with Crippen LogP contribution in [-0.4, -0.2) is 74.4 Å². The smallest absolute Gasteiger partial charge is 0.180 e. The van der Waals surface area contributed by atoms with Crippen LogP contribution in [0.25, 0.3) is 0 Å². The molecule has 0 aliphatic carbocycles. The van der Waals surface area contributed by atoms with Crippen LogP contribution in [0, 0.1) is 0 Å². The predicted molar refractivity (Wildman–Crippen MR) is 73.9 cm³/mol. The molecule has 0 aromatic carbocycles. The molecule has 18 heavy (non-hydrogen) atoms. The molecule has 0 aromatic heterocycles. The first-order valence-corrected chi connectivity index (χ1v) is 6.75. The SMILES string of the molecule is CN=CCCCOC1(N(C)CCCO)CCN1C. The first-order chi connectivity index (χ1) is 8.67. The summed E-state index contributed by atoms with van der Waals surface area (Å²) in [7, 11) is 5.95. The van der Waals surface area contributed by atoms with Gasteiger partial charge in [0.15, 0.2) is 5.85 Å². The quantitative estimate of drug-likeness (QED) is 0.377. The van der Waals surface area contributed by atoms with Crippen LogP contribution in [0.4, 0.5) is 0 Å². The molecule has 0 saturated carbocycles. The van der Waals surface area contributed by atoms with Crippen molar-refractivity contribution in [2.75, 3.05) is 47.4 Å². The summed E-state index contributed by atoms with van der Waals surface area (Å²) in [6.45, 7) is 2.91. The number of aliphatic hydroxyl groups is 1. The third kappa shape index (κ3) is 3.75. The van der Waals surface area contributed by atoms with Crippen LogP contribution in [0.2, 0.25) is 0 Å². The van der Waals surface area contributed by atoms with Crippen molar-refractivity contribution < 1.29 is 9.84 Å². The Morgan fingerprint density at radius 3 is 2.78 bits per heavy atom. The Morgan fingerprint density at radius 1 is 1.50 bits per heavy atom. The molecule has 1 N–H and O–H groups in total. The minimum absolute atomic E-state index is 0.233. The Balaban J connectivity index is 2.38. The highest BCUT2D eigenvalue weighted by atomic mass is 16.5. The highest BCUT2D eigenvalue weighted by molar-refractivity contribution is 5.56. The van der Waals surface area contributed by atoms with E-state index >= 15 is 0 Å². The number of nitrogens with zero attached hydrogens (tertiary/aromatic N) is 3. The summed E-state index contributed by atoms with van der Waals surface area (Å²) < 4.78 is 6.09. The van der Waals surface area contributed by atoms with E-state index in [-0.39, 0.29) is 12.5 Å². The van der Waals surface area contributed by atoms with E-state index in [1.807, 2.05) is 6.21 Å². The van der Waals surface area contributed by atoms with Crippen molar-refractivity contribution in [2.24, 2.45) is 4.99 Å². The van der Waals surface area contributed by atoms with Crippen molar-refractivity contribution in [3.05, 3.63) is 0 Å². The second kappa shape index (κ2) is 7.84. The summed E-state index contributed by atoms with van der Waals surface area (Å²) in [5, 5.41) is 8.92. The molecule has 1 heterocycles. The van der Waals surface area contributed by atoms with Crippen molar-refractivity contribution in [3.63, 3.8) is 0 Å². The van der Waals surface area contributed by atoms with Gasteiger partial charge in [0.1, 0.15) is 0 Å². The van der Waals surface area contributed by atoms with Gasteiger partial charge in [-0.05, 0) is 39.6 Å². The molecule has 1 aliphatic rings. The number of rotatable bonds is 9. The summed E-state index contributed by atoms with van der Waals surface area (Å²) in [5.41, 5.74) is 0. The molecule has 1 saturated heterocycles. The van der Waals surface area contributed by atoms with E-state index in [1.54, 1.807) is 7.05 Å². The maximum Gasteiger partial charge on any atom is 0.180 e. The van der Waals surface area contributed by atoms with Crippen LogP contribution in [0.3, 0.4) is 0 Å². The Kier molecular flexibility index (Phi) is 6.78. The van der Waals surface area contributed by atoms with Gasteiger partial charge in [-0.15, -0.1) is 0 Å². The van der Waals surface area contributed by atoms with Gasteiger partial charge < -0.3 is 14.8 Å². The number of hydrogen-bond donors (Lipinski definition) is 1. The summed E-state index contributed by atoms with van der Waals surface area (Å²) in [6, 6.07) is 0. The lowest BCUT2D eigenvalue weighted by Gasteiger charge is -2.55. The molecule has 0 bridgehead atoms. The van der Waals surface area contributed by atoms with E-state index in [1.165, 1.54) is 0 Å². The summed E-state index contributed by atoms with van der Waals surface area (Å²) >= 11 is 0. The zero-order chi connectivity index (χ0) is 13.4. The molecule has 0 radical (unpaired) electrons. The number of ether oxygens (including phenoxy) is 1. The van der Waals surface area contributed by atoms with E-state index in [0.29, 0.717) is 0 Å². The molecule has 1 rings (SSSR count). The number of likely N-dealkylation sites (tertiary alicyclic amines) is 1. The molecule has 1 atom stereocenters. The van der Waals surface area contributed by atoms with Crippen molar-refractivity contribution in [1.29, 1.82) is 0 Å². The van der Waals surface area contributed by atoms with Gasteiger partial charge in [-0.1, -0.05) is 0 Å². The summed E-state index contributed by atoms with van der Waals surface area (Å²) in [6.07, 6.45) is 5.72. The van der Waals surface area contributed by atoms with Gasteiger partial charge in [-0.2, -0.15) is 0 Å². The minimum Gasteiger partial charge on any atom is -0.396 e. The second-order valence-corrected chi connectivity index (χ2v) is 4.84. The van der Waals surface area contributed by atoms with E-state index in [0.717, 1.165) is 45.4 Å². The van der Waals surface area contributed by atoms with Crippen molar-refractivity contribution in [3.8, 4) is 0 Å². The van der Waals surface area contributed by atoms with Crippen LogP contribution < -0.4 is 0 Å². The molecular weight excluding hydrogens is 230 g/mol. The van der Waals surface area contributed by atoms with Crippen molar-refractivity contribution >= 4 is 6.21 Å². The van der Waals surface area contributed by atoms with Gasteiger partial charge >= 0.3 is 0 Å². The molecule has 0 aromatic rings. The van der Waals surface area contributed by atoms with Crippen molar-refractivity contribution in [1.82, 2.24) is 9.80 Å². The fraction of sp³-hybridized carbons (Fsp3) is 0.923.